The average Bonchev–Trinajstić information content (AvgIpc) is 3.32. The molecule has 2 aliphatic rings. The number of nitrogens with zero attached hydrogens (tertiary/aromatic N) is 4. The Hall–Kier alpha value is -2.63. The molecular weight excluding hydrogens is 528 g/mol. The van der Waals surface area contributed by atoms with Gasteiger partial charge in [-0.05, 0) is 83.9 Å². The van der Waals surface area contributed by atoms with Gasteiger partial charge < -0.3 is 25.2 Å². The zero-order valence-corrected chi connectivity index (χ0v) is 25.7. The van der Waals surface area contributed by atoms with E-state index in [-0.39, 0.29) is 11.7 Å². The van der Waals surface area contributed by atoms with Crippen LogP contribution < -0.4 is 10.6 Å². The van der Waals surface area contributed by atoms with Crippen LogP contribution in [0.4, 0.5) is 4.79 Å². The Bertz CT molecular complexity index is 1040. The number of thioether (sulfide) groups is 1. The summed E-state index contributed by atoms with van der Waals surface area (Å²) in [5.41, 5.74) is 0.712. The molecule has 222 valence electrons. The lowest BCUT2D eigenvalue weighted by atomic mass is 9.88. The number of Topliss-reactive ketones (excluding diaryl/α,β-unsaturated/α-hetero) is 1. The number of hydrazone groups is 1. The lowest BCUT2D eigenvalue weighted by Gasteiger charge is -2.39. The van der Waals surface area contributed by atoms with E-state index < -0.39 is 17.9 Å². The molecule has 2 N–H and O–H groups in total. The molecule has 1 fully saturated rings. The zero-order valence-electron chi connectivity index (χ0n) is 24.9. The summed E-state index contributed by atoms with van der Waals surface area (Å²) in [6.45, 7) is 5.69. The fraction of sp³-hybridized carbons (Fsp3) is 0.655. The summed E-state index contributed by atoms with van der Waals surface area (Å²) in [7, 11) is 7.96. The summed E-state index contributed by atoms with van der Waals surface area (Å²) in [6, 6.07) is 6.97. The first-order valence-corrected chi connectivity index (χ1v) is 15.2. The van der Waals surface area contributed by atoms with Crippen molar-refractivity contribution >= 4 is 34.7 Å². The molecule has 1 unspecified atom stereocenters. The Balaban J connectivity index is 1.75. The first-order chi connectivity index (χ1) is 19.0. The number of ketones is 1. The van der Waals surface area contributed by atoms with Crippen molar-refractivity contribution in [1.29, 1.82) is 0 Å². The van der Waals surface area contributed by atoms with Gasteiger partial charge in [-0.15, -0.1) is 5.10 Å². The maximum Gasteiger partial charge on any atom is 0.343 e. The first-order valence-electron chi connectivity index (χ1n) is 14.2. The van der Waals surface area contributed by atoms with Gasteiger partial charge in [0.05, 0.1) is 0 Å². The van der Waals surface area contributed by atoms with Crippen LogP contribution in [-0.2, 0) is 16.1 Å². The number of amides is 3. The van der Waals surface area contributed by atoms with E-state index in [0.29, 0.717) is 48.1 Å². The zero-order chi connectivity index (χ0) is 29.3. The summed E-state index contributed by atoms with van der Waals surface area (Å²) >= 11 is 1.38. The molecule has 1 saturated carbocycles. The van der Waals surface area contributed by atoms with E-state index in [1.807, 2.05) is 57.4 Å². The Kier molecular flexibility index (Phi) is 11.8. The molecule has 11 heteroatoms. The quantitative estimate of drug-likeness (QED) is 0.363. The molecule has 1 atom stereocenters. The molecule has 0 saturated heterocycles. The van der Waals surface area contributed by atoms with Crippen LogP contribution in [0.3, 0.4) is 0 Å². The number of rotatable bonds is 12. The van der Waals surface area contributed by atoms with Crippen LogP contribution in [0, 0.1) is 5.92 Å². The molecule has 3 amide bonds. The summed E-state index contributed by atoms with van der Waals surface area (Å²) in [5.74, 6) is 0.626. The van der Waals surface area contributed by atoms with Gasteiger partial charge in [0.15, 0.2) is 5.78 Å². The number of urea groups is 1. The van der Waals surface area contributed by atoms with Crippen LogP contribution >= 0.6 is 11.8 Å². The maximum absolute atomic E-state index is 13.7. The van der Waals surface area contributed by atoms with E-state index in [1.54, 1.807) is 0 Å². The first kappa shape index (κ1) is 31.9. The second kappa shape index (κ2) is 14.8. The molecule has 0 radical (unpaired) electrons. The third-order valence-electron chi connectivity index (χ3n) is 6.96. The van der Waals surface area contributed by atoms with Crippen molar-refractivity contribution in [2.24, 2.45) is 11.0 Å². The SMILES string of the molecule is CC(C)CCC(=O)C1OC(SCCN(C)C)=NN1C(=O)NC1(NC(=O)c2ccc(CN(C)C)cc2)CCCCC1. The van der Waals surface area contributed by atoms with E-state index in [4.69, 9.17) is 4.74 Å². The van der Waals surface area contributed by atoms with E-state index >= 15 is 0 Å². The van der Waals surface area contributed by atoms with Crippen LogP contribution in [0.2, 0.25) is 0 Å². The minimum atomic E-state index is -1.11. The van der Waals surface area contributed by atoms with Gasteiger partial charge in [-0.2, -0.15) is 5.01 Å². The van der Waals surface area contributed by atoms with Crippen molar-refractivity contribution in [2.45, 2.75) is 77.2 Å². The third kappa shape index (κ3) is 9.49. The van der Waals surface area contributed by atoms with Gasteiger partial charge in [-0.3, -0.25) is 9.59 Å². The summed E-state index contributed by atoms with van der Waals surface area (Å²) in [5, 5.41) is 12.0. The van der Waals surface area contributed by atoms with Crippen molar-refractivity contribution in [1.82, 2.24) is 25.4 Å². The normalized spacial score (nSPS) is 18.6. The highest BCUT2D eigenvalue weighted by molar-refractivity contribution is 8.13. The number of carbonyl (C=O) groups excluding carboxylic acids is 3. The van der Waals surface area contributed by atoms with Gasteiger partial charge in [0, 0.05) is 30.8 Å². The summed E-state index contributed by atoms with van der Waals surface area (Å²) in [6.07, 6.45) is 3.83. The molecule has 0 spiro atoms. The molecule has 0 aromatic heterocycles. The Labute approximate surface area is 243 Å². The minimum absolute atomic E-state index is 0.185. The van der Waals surface area contributed by atoms with Gasteiger partial charge >= 0.3 is 6.03 Å². The predicted molar refractivity (Wildman–Crippen MR) is 160 cm³/mol. The maximum atomic E-state index is 13.7. The number of ether oxygens (including phenoxy) is 1. The summed E-state index contributed by atoms with van der Waals surface area (Å²) < 4.78 is 5.90. The van der Waals surface area contributed by atoms with E-state index in [0.717, 1.165) is 42.9 Å². The average molecular weight is 575 g/mol. The van der Waals surface area contributed by atoms with Crippen LogP contribution in [0.5, 0.6) is 0 Å². The molecule has 1 aromatic carbocycles. The second-order valence-corrected chi connectivity index (χ2v) is 12.7. The number of nitrogens with one attached hydrogen (secondary N) is 2. The van der Waals surface area contributed by atoms with Gasteiger partial charge in [0.25, 0.3) is 17.4 Å². The van der Waals surface area contributed by atoms with E-state index in [2.05, 4.69) is 34.5 Å². The highest BCUT2D eigenvalue weighted by Crippen LogP contribution is 2.29. The van der Waals surface area contributed by atoms with Gasteiger partial charge in [0.1, 0.15) is 5.66 Å². The van der Waals surface area contributed by atoms with E-state index in [9.17, 15) is 14.4 Å². The van der Waals surface area contributed by atoms with Crippen molar-refractivity contribution in [3.63, 3.8) is 0 Å². The Morgan fingerprint density at radius 1 is 1.05 bits per heavy atom. The van der Waals surface area contributed by atoms with Gasteiger partial charge in [-0.25, -0.2) is 4.79 Å². The van der Waals surface area contributed by atoms with Crippen LogP contribution in [-0.4, -0.2) is 90.1 Å². The van der Waals surface area contributed by atoms with Crippen molar-refractivity contribution in [3.8, 4) is 0 Å². The standard InChI is InChI=1S/C29H46N6O4S/c1-21(2)10-15-24(36)26-35(32-28(39-26)40-19-18-33(3)4)27(38)31-29(16-8-7-9-17-29)30-25(37)23-13-11-22(12-14-23)20-34(5)6/h11-14,21,26H,7-10,15-20H2,1-6H3,(H,30,37)(H,31,38). The van der Waals surface area contributed by atoms with Crippen molar-refractivity contribution < 1.29 is 19.1 Å². The number of carbonyl (C=O) groups is 3. The molecule has 3 rings (SSSR count). The lowest BCUT2D eigenvalue weighted by Crippen LogP contribution is -2.64. The fourth-order valence-electron chi connectivity index (χ4n) is 4.71. The third-order valence-corrected chi connectivity index (χ3v) is 7.77. The molecule has 1 heterocycles. The second-order valence-electron chi connectivity index (χ2n) is 11.7. The van der Waals surface area contributed by atoms with E-state index in [1.165, 1.54) is 11.8 Å². The molecule has 1 aliphatic heterocycles. The molecular formula is C29H46N6O4S. The Morgan fingerprint density at radius 2 is 1.73 bits per heavy atom. The molecule has 10 nitrogen and oxygen atoms in total. The molecule has 40 heavy (non-hydrogen) atoms. The Morgan fingerprint density at radius 3 is 2.33 bits per heavy atom. The lowest BCUT2D eigenvalue weighted by molar-refractivity contribution is -0.131. The van der Waals surface area contributed by atoms with Crippen LogP contribution in [0.25, 0.3) is 0 Å². The predicted octanol–water partition coefficient (Wildman–Crippen LogP) is 4.08. The number of benzene rings is 1. The summed E-state index contributed by atoms with van der Waals surface area (Å²) in [4.78, 5) is 44.2. The van der Waals surface area contributed by atoms with Crippen molar-refractivity contribution in [2.75, 3.05) is 40.5 Å². The van der Waals surface area contributed by atoms with Gasteiger partial charge in [0.2, 0.25) is 0 Å². The number of hydrogen-bond donors (Lipinski definition) is 2. The van der Waals surface area contributed by atoms with Gasteiger partial charge in [-0.1, -0.05) is 44.2 Å². The number of hydrogen-bond acceptors (Lipinski definition) is 8. The smallest absolute Gasteiger partial charge is 0.343 e. The topological polar surface area (TPSA) is 107 Å². The highest BCUT2D eigenvalue weighted by Gasteiger charge is 2.42. The monoisotopic (exact) mass is 574 g/mol. The highest BCUT2D eigenvalue weighted by atomic mass is 32.2. The van der Waals surface area contributed by atoms with Crippen molar-refractivity contribution in [3.05, 3.63) is 35.4 Å². The van der Waals surface area contributed by atoms with Crippen LogP contribution in [0.15, 0.2) is 29.4 Å². The largest absolute Gasteiger partial charge is 0.438 e. The molecule has 1 aromatic rings. The molecule has 1 aliphatic carbocycles. The fourth-order valence-corrected chi connectivity index (χ4v) is 5.65. The molecule has 0 bridgehead atoms. The van der Waals surface area contributed by atoms with Crippen LogP contribution in [0.1, 0.15) is 74.7 Å². The minimum Gasteiger partial charge on any atom is -0.438 e.